The third-order valence-electron chi connectivity index (χ3n) is 3.27. The molecule has 1 aromatic carbocycles. The Morgan fingerprint density at radius 2 is 1.79 bits per heavy atom. The molecule has 1 saturated heterocycles. The van der Waals surface area contributed by atoms with Gasteiger partial charge in [-0.15, -0.1) is 0 Å². The smallest absolute Gasteiger partial charge is 0.242 e. The Kier molecular flexibility index (Phi) is 4.14. The standard InChI is InChI=1S/C14H17FN2O2/c1-11(18)17(13-6-4-12(15)5-7-13)10-14(19)16-8-2-3-9-16/h4-7H,2-3,8-10H2,1H3. The average Bonchev–Trinajstić information content (AvgIpc) is 2.90. The van der Waals surface area contributed by atoms with Crippen LogP contribution in [0.3, 0.4) is 0 Å². The third kappa shape index (κ3) is 3.30. The molecule has 19 heavy (non-hydrogen) atoms. The molecule has 0 radical (unpaired) electrons. The molecule has 1 aliphatic rings. The van der Waals surface area contributed by atoms with Crippen molar-refractivity contribution in [2.24, 2.45) is 0 Å². The molecule has 0 N–H and O–H groups in total. The molecule has 1 aliphatic heterocycles. The van der Waals surface area contributed by atoms with Crippen molar-refractivity contribution in [3.63, 3.8) is 0 Å². The highest BCUT2D eigenvalue weighted by molar-refractivity contribution is 5.97. The van der Waals surface area contributed by atoms with Crippen LogP contribution >= 0.6 is 0 Å². The fourth-order valence-electron chi connectivity index (χ4n) is 2.21. The number of nitrogens with zero attached hydrogens (tertiary/aromatic N) is 2. The van der Waals surface area contributed by atoms with Crippen molar-refractivity contribution in [3.8, 4) is 0 Å². The summed E-state index contributed by atoms with van der Waals surface area (Å²) in [6.45, 7) is 2.93. The van der Waals surface area contributed by atoms with Crippen LogP contribution < -0.4 is 4.90 Å². The van der Waals surface area contributed by atoms with Crippen molar-refractivity contribution in [1.82, 2.24) is 4.90 Å². The lowest BCUT2D eigenvalue weighted by Gasteiger charge is -2.24. The highest BCUT2D eigenvalue weighted by Crippen LogP contribution is 2.16. The Morgan fingerprint density at radius 1 is 1.21 bits per heavy atom. The van der Waals surface area contributed by atoms with Crippen molar-refractivity contribution in [1.29, 1.82) is 0 Å². The van der Waals surface area contributed by atoms with Crippen LogP contribution in [-0.2, 0) is 9.59 Å². The third-order valence-corrected chi connectivity index (χ3v) is 3.27. The number of hydrogen-bond acceptors (Lipinski definition) is 2. The quantitative estimate of drug-likeness (QED) is 0.835. The summed E-state index contributed by atoms with van der Waals surface area (Å²) in [5, 5.41) is 0. The number of carbonyl (C=O) groups excluding carboxylic acids is 2. The molecule has 0 aliphatic carbocycles. The zero-order chi connectivity index (χ0) is 13.8. The maximum Gasteiger partial charge on any atom is 0.242 e. The number of likely N-dealkylation sites (tertiary alicyclic amines) is 1. The van der Waals surface area contributed by atoms with E-state index in [1.165, 1.54) is 36.1 Å². The van der Waals surface area contributed by atoms with Crippen LogP contribution in [-0.4, -0.2) is 36.3 Å². The predicted octanol–water partition coefficient (Wildman–Crippen LogP) is 1.80. The topological polar surface area (TPSA) is 40.6 Å². The summed E-state index contributed by atoms with van der Waals surface area (Å²) in [6, 6.07) is 5.58. The molecule has 0 saturated carbocycles. The highest BCUT2D eigenvalue weighted by Gasteiger charge is 2.22. The molecule has 4 nitrogen and oxygen atoms in total. The predicted molar refractivity (Wildman–Crippen MR) is 70.2 cm³/mol. The maximum atomic E-state index is 12.9. The van der Waals surface area contributed by atoms with Gasteiger partial charge in [-0.2, -0.15) is 0 Å². The molecular formula is C14H17FN2O2. The van der Waals surface area contributed by atoms with Gasteiger partial charge in [-0.3, -0.25) is 9.59 Å². The number of anilines is 1. The van der Waals surface area contributed by atoms with Gasteiger partial charge >= 0.3 is 0 Å². The van der Waals surface area contributed by atoms with E-state index in [9.17, 15) is 14.0 Å². The summed E-state index contributed by atoms with van der Waals surface area (Å²) in [7, 11) is 0. The fraction of sp³-hybridized carbons (Fsp3) is 0.429. The molecule has 0 atom stereocenters. The molecule has 2 amide bonds. The minimum absolute atomic E-state index is 0.0148. The second-order valence-electron chi connectivity index (χ2n) is 4.67. The highest BCUT2D eigenvalue weighted by atomic mass is 19.1. The first kappa shape index (κ1) is 13.5. The SMILES string of the molecule is CC(=O)N(CC(=O)N1CCCC1)c1ccc(F)cc1. The molecule has 5 heteroatoms. The molecule has 0 aromatic heterocycles. The maximum absolute atomic E-state index is 12.9. The number of hydrogen-bond donors (Lipinski definition) is 0. The van der Waals surface area contributed by atoms with Gasteiger partial charge in [0.2, 0.25) is 11.8 Å². The Hall–Kier alpha value is -1.91. The van der Waals surface area contributed by atoms with Crippen LogP contribution in [0, 0.1) is 5.82 Å². The minimum atomic E-state index is -0.363. The lowest BCUT2D eigenvalue weighted by molar-refractivity contribution is -0.130. The Labute approximate surface area is 111 Å². The van der Waals surface area contributed by atoms with Crippen LogP contribution in [0.1, 0.15) is 19.8 Å². The summed E-state index contributed by atoms with van der Waals surface area (Å²) >= 11 is 0. The first-order valence-corrected chi connectivity index (χ1v) is 6.39. The number of carbonyl (C=O) groups is 2. The largest absolute Gasteiger partial charge is 0.341 e. The van der Waals surface area contributed by atoms with Gasteiger partial charge < -0.3 is 9.80 Å². The number of amides is 2. The van der Waals surface area contributed by atoms with Crippen LogP contribution in [0.15, 0.2) is 24.3 Å². The lowest BCUT2D eigenvalue weighted by Crippen LogP contribution is -2.41. The van der Waals surface area contributed by atoms with Gasteiger partial charge in [0, 0.05) is 25.7 Å². The van der Waals surface area contributed by atoms with Crippen LogP contribution in [0.2, 0.25) is 0 Å². The van der Waals surface area contributed by atoms with E-state index in [1.807, 2.05) is 0 Å². The van der Waals surface area contributed by atoms with E-state index in [0.29, 0.717) is 5.69 Å². The first-order chi connectivity index (χ1) is 9.08. The van der Waals surface area contributed by atoms with E-state index in [2.05, 4.69) is 0 Å². The lowest BCUT2D eigenvalue weighted by atomic mass is 10.2. The minimum Gasteiger partial charge on any atom is -0.341 e. The summed E-state index contributed by atoms with van der Waals surface area (Å²) in [4.78, 5) is 26.8. The normalized spacial score (nSPS) is 14.5. The van der Waals surface area contributed by atoms with Crippen LogP contribution in [0.25, 0.3) is 0 Å². The molecule has 1 aromatic rings. The first-order valence-electron chi connectivity index (χ1n) is 6.39. The van der Waals surface area contributed by atoms with Crippen LogP contribution in [0.4, 0.5) is 10.1 Å². The van der Waals surface area contributed by atoms with E-state index >= 15 is 0 Å². The molecule has 0 spiro atoms. The number of halogens is 1. The van der Waals surface area contributed by atoms with Gasteiger partial charge in [-0.25, -0.2) is 4.39 Å². The van der Waals surface area contributed by atoms with Gasteiger partial charge in [0.1, 0.15) is 12.4 Å². The Morgan fingerprint density at radius 3 is 2.32 bits per heavy atom. The molecule has 0 bridgehead atoms. The van der Waals surface area contributed by atoms with E-state index in [4.69, 9.17) is 0 Å². The molecule has 1 heterocycles. The molecule has 0 unspecified atom stereocenters. The van der Waals surface area contributed by atoms with Crippen molar-refractivity contribution in [2.75, 3.05) is 24.5 Å². The summed E-state index contributed by atoms with van der Waals surface area (Å²) in [5.74, 6) is -0.644. The molecule has 102 valence electrons. The Bertz CT molecular complexity index is 467. The second kappa shape index (κ2) is 5.82. The second-order valence-corrected chi connectivity index (χ2v) is 4.67. The van der Waals surface area contributed by atoms with E-state index < -0.39 is 0 Å². The van der Waals surface area contributed by atoms with Crippen molar-refractivity contribution < 1.29 is 14.0 Å². The Balaban J connectivity index is 2.09. The van der Waals surface area contributed by atoms with E-state index in [-0.39, 0.29) is 24.2 Å². The van der Waals surface area contributed by atoms with Gasteiger partial charge in [0.25, 0.3) is 0 Å². The monoisotopic (exact) mass is 264 g/mol. The van der Waals surface area contributed by atoms with Gasteiger partial charge in [-0.1, -0.05) is 0 Å². The van der Waals surface area contributed by atoms with Gasteiger partial charge in [0.05, 0.1) is 0 Å². The van der Waals surface area contributed by atoms with Crippen molar-refractivity contribution in [2.45, 2.75) is 19.8 Å². The molecular weight excluding hydrogens is 247 g/mol. The summed E-state index contributed by atoms with van der Waals surface area (Å²) < 4.78 is 12.9. The zero-order valence-corrected chi connectivity index (χ0v) is 10.9. The van der Waals surface area contributed by atoms with E-state index in [1.54, 1.807) is 4.90 Å². The van der Waals surface area contributed by atoms with Gasteiger partial charge in [0.15, 0.2) is 0 Å². The number of rotatable bonds is 3. The average molecular weight is 264 g/mol. The van der Waals surface area contributed by atoms with Crippen molar-refractivity contribution in [3.05, 3.63) is 30.1 Å². The molecule has 2 rings (SSSR count). The van der Waals surface area contributed by atoms with Crippen molar-refractivity contribution >= 4 is 17.5 Å². The summed E-state index contributed by atoms with van der Waals surface area (Å²) in [5.41, 5.74) is 0.543. The number of benzene rings is 1. The van der Waals surface area contributed by atoms with Gasteiger partial charge in [-0.05, 0) is 37.1 Å². The van der Waals surface area contributed by atoms with Crippen LogP contribution in [0.5, 0.6) is 0 Å². The van der Waals surface area contributed by atoms with E-state index in [0.717, 1.165) is 25.9 Å². The fourth-order valence-corrected chi connectivity index (χ4v) is 2.21. The molecule has 1 fully saturated rings. The summed E-state index contributed by atoms with van der Waals surface area (Å²) in [6.07, 6.45) is 2.03. The zero-order valence-electron chi connectivity index (χ0n) is 10.9.